The number of hydrogen-bond donors (Lipinski definition) is 4. The van der Waals surface area contributed by atoms with Crippen molar-refractivity contribution in [3.8, 4) is 5.75 Å². The van der Waals surface area contributed by atoms with Gasteiger partial charge in [-0.3, -0.25) is 4.79 Å². The van der Waals surface area contributed by atoms with Gasteiger partial charge in [-0.05, 0) is 17.7 Å². The number of carbonyl (C=O) groups is 3. The molecule has 23 heavy (non-hydrogen) atoms. The van der Waals surface area contributed by atoms with Crippen molar-refractivity contribution in [2.24, 2.45) is 0 Å². The van der Waals surface area contributed by atoms with E-state index in [0.29, 0.717) is 18.3 Å². The number of carboxylic acid groups (broad SMARTS) is 2. The summed E-state index contributed by atoms with van der Waals surface area (Å²) in [5, 5.41) is 27.8. The Morgan fingerprint density at radius 1 is 1.09 bits per heavy atom. The van der Waals surface area contributed by atoms with Crippen LogP contribution in [-0.2, 0) is 14.4 Å². The van der Waals surface area contributed by atoms with E-state index in [4.69, 9.17) is 24.5 Å². The van der Waals surface area contributed by atoms with Crippen molar-refractivity contribution in [2.75, 3.05) is 6.54 Å². The maximum atomic E-state index is 10.7. The first-order valence-corrected chi connectivity index (χ1v) is 6.79. The van der Waals surface area contributed by atoms with E-state index in [9.17, 15) is 9.90 Å². The van der Waals surface area contributed by atoms with Gasteiger partial charge in [0, 0.05) is 19.5 Å². The summed E-state index contributed by atoms with van der Waals surface area (Å²) in [6.45, 7) is 5.91. The summed E-state index contributed by atoms with van der Waals surface area (Å²) in [6.07, 6.45) is -0.552. The number of hydrogen-bond acceptors (Lipinski definition) is 6. The van der Waals surface area contributed by atoms with Crippen LogP contribution in [0, 0.1) is 0 Å². The Morgan fingerprint density at radius 3 is 1.91 bits per heavy atom. The number of carboxylic acids is 2. The lowest BCUT2D eigenvalue weighted by molar-refractivity contribution is -0.159. The van der Waals surface area contributed by atoms with Gasteiger partial charge in [0.15, 0.2) is 0 Å². The van der Waals surface area contributed by atoms with E-state index in [1.54, 1.807) is 24.3 Å². The monoisotopic (exact) mass is 327 g/mol. The summed E-state index contributed by atoms with van der Waals surface area (Å²) in [6, 6.07) is 7.20. The molecule has 0 aliphatic carbocycles. The number of rotatable bonds is 5. The van der Waals surface area contributed by atoms with Crippen LogP contribution in [-0.4, -0.2) is 45.8 Å². The fourth-order valence-corrected chi connectivity index (χ4v) is 1.39. The molecule has 8 nitrogen and oxygen atoms in total. The Kier molecular flexibility index (Phi) is 9.21. The molecule has 128 valence electrons. The number of aliphatic carboxylic acids is 2. The molecule has 1 rings (SSSR count). The molecule has 1 aromatic rings. The molecule has 0 saturated heterocycles. The van der Waals surface area contributed by atoms with E-state index >= 15 is 0 Å². The maximum absolute atomic E-state index is 10.7. The zero-order chi connectivity index (χ0) is 18.0. The van der Waals surface area contributed by atoms with Crippen molar-refractivity contribution in [3.63, 3.8) is 0 Å². The zero-order valence-electron chi connectivity index (χ0n) is 13.1. The normalized spacial score (nSPS) is 11.2. The summed E-state index contributed by atoms with van der Waals surface area (Å²) in [7, 11) is 0. The average molecular weight is 327 g/mol. The van der Waals surface area contributed by atoms with Crippen molar-refractivity contribution in [1.29, 1.82) is 0 Å². The van der Waals surface area contributed by atoms with Gasteiger partial charge in [-0.1, -0.05) is 26.0 Å². The van der Waals surface area contributed by atoms with Crippen LogP contribution in [0.5, 0.6) is 5.75 Å². The maximum Gasteiger partial charge on any atom is 0.414 e. The smallest absolute Gasteiger partial charge is 0.414 e. The molecule has 0 spiro atoms. The third-order valence-electron chi connectivity index (χ3n) is 2.43. The topological polar surface area (TPSA) is 133 Å². The molecule has 1 atom stereocenters. The third-order valence-corrected chi connectivity index (χ3v) is 2.43. The van der Waals surface area contributed by atoms with Gasteiger partial charge in [0.1, 0.15) is 5.75 Å². The van der Waals surface area contributed by atoms with E-state index in [0.717, 1.165) is 5.56 Å². The minimum Gasteiger partial charge on any atom is -0.473 e. The lowest BCUT2D eigenvalue weighted by Crippen LogP contribution is -2.27. The second kappa shape index (κ2) is 10.3. The van der Waals surface area contributed by atoms with Crippen LogP contribution in [0.1, 0.15) is 32.4 Å². The molecule has 1 unspecified atom stereocenters. The third kappa shape index (κ3) is 9.99. The van der Waals surface area contributed by atoms with Crippen LogP contribution in [0.4, 0.5) is 0 Å². The van der Waals surface area contributed by atoms with E-state index < -0.39 is 18.0 Å². The summed E-state index contributed by atoms with van der Waals surface area (Å²) in [5.41, 5.74) is 0.800. The van der Waals surface area contributed by atoms with E-state index in [-0.39, 0.29) is 5.97 Å². The lowest BCUT2D eigenvalue weighted by atomic mass is 10.1. The van der Waals surface area contributed by atoms with Crippen LogP contribution >= 0.6 is 0 Å². The molecule has 0 radical (unpaired) electrons. The quantitative estimate of drug-likeness (QED) is 0.354. The summed E-state index contributed by atoms with van der Waals surface area (Å²) in [4.78, 5) is 28.9. The number of ether oxygens (including phenoxy) is 1. The van der Waals surface area contributed by atoms with Gasteiger partial charge < -0.3 is 25.4 Å². The number of aliphatic hydroxyl groups is 1. The number of carbonyl (C=O) groups excluding carboxylic acids is 1. The standard InChI is InChI=1S/C13H19NO3.C2H2O4/c1-9(2)14-8-13(16)11-4-6-12(7-5-11)17-10(3)15;3-1(4)2(5)6/h4-7,9,13-14,16H,8H2,1-3H3;(H,3,4)(H,5,6). The first-order chi connectivity index (χ1) is 10.6. The number of benzene rings is 1. The second-order valence-electron chi connectivity index (χ2n) is 4.85. The van der Waals surface area contributed by atoms with Crippen molar-refractivity contribution < 1.29 is 34.4 Å². The SMILES string of the molecule is CC(=O)Oc1ccc(C(O)CNC(C)C)cc1.O=C(O)C(=O)O. The Hall–Kier alpha value is -2.45. The molecule has 0 saturated carbocycles. The van der Waals surface area contributed by atoms with Crippen molar-refractivity contribution in [2.45, 2.75) is 32.9 Å². The van der Waals surface area contributed by atoms with E-state index in [1.807, 2.05) is 13.8 Å². The minimum absolute atomic E-state index is 0.338. The molecule has 0 aliphatic heterocycles. The molecular formula is C15H21NO7. The zero-order valence-corrected chi connectivity index (χ0v) is 13.1. The Bertz CT molecular complexity index is 513. The van der Waals surface area contributed by atoms with Gasteiger partial charge >= 0.3 is 17.9 Å². The highest BCUT2D eigenvalue weighted by molar-refractivity contribution is 6.27. The van der Waals surface area contributed by atoms with Crippen LogP contribution in [0.15, 0.2) is 24.3 Å². The lowest BCUT2D eigenvalue weighted by Gasteiger charge is -2.14. The first-order valence-electron chi connectivity index (χ1n) is 6.79. The molecule has 0 amide bonds. The van der Waals surface area contributed by atoms with Crippen LogP contribution in [0.2, 0.25) is 0 Å². The molecule has 0 aromatic heterocycles. The average Bonchev–Trinajstić information content (AvgIpc) is 2.45. The molecule has 4 N–H and O–H groups in total. The molecule has 0 fully saturated rings. The number of nitrogens with one attached hydrogen (secondary N) is 1. The Balaban J connectivity index is 0.000000688. The molecule has 8 heteroatoms. The predicted molar refractivity (Wildman–Crippen MR) is 81.1 cm³/mol. The largest absolute Gasteiger partial charge is 0.473 e. The first kappa shape index (κ1) is 20.6. The van der Waals surface area contributed by atoms with Crippen LogP contribution in [0.25, 0.3) is 0 Å². The van der Waals surface area contributed by atoms with Gasteiger partial charge in [-0.25, -0.2) is 9.59 Å². The predicted octanol–water partition coefficient (Wildman–Crippen LogP) is 0.799. The highest BCUT2D eigenvalue weighted by Gasteiger charge is 2.08. The van der Waals surface area contributed by atoms with Gasteiger partial charge in [-0.15, -0.1) is 0 Å². The van der Waals surface area contributed by atoms with Gasteiger partial charge in [0.25, 0.3) is 0 Å². The molecule has 0 bridgehead atoms. The molecule has 0 aliphatic rings. The van der Waals surface area contributed by atoms with Crippen molar-refractivity contribution in [3.05, 3.63) is 29.8 Å². The van der Waals surface area contributed by atoms with Crippen molar-refractivity contribution in [1.82, 2.24) is 5.32 Å². The molecular weight excluding hydrogens is 306 g/mol. The highest BCUT2D eigenvalue weighted by Crippen LogP contribution is 2.17. The Morgan fingerprint density at radius 2 is 1.57 bits per heavy atom. The minimum atomic E-state index is -1.82. The second-order valence-corrected chi connectivity index (χ2v) is 4.85. The summed E-state index contributed by atoms with van der Waals surface area (Å²) < 4.78 is 4.91. The highest BCUT2D eigenvalue weighted by atomic mass is 16.5. The number of aliphatic hydroxyl groups excluding tert-OH is 1. The molecule has 1 aromatic carbocycles. The van der Waals surface area contributed by atoms with Gasteiger partial charge in [0.2, 0.25) is 0 Å². The molecule has 0 heterocycles. The van der Waals surface area contributed by atoms with Gasteiger partial charge in [0.05, 0.1) is 6.10 Å². The van der Waals surface area contributed by atoms with Crippen molar-refractivity contribution >= 4 is 17.9 Å². The van der Waals surface area contributed by atoms with E-state index in [2.05, 4.69) is 5.32 Å². The Labute approximate surface area is 133 Å². The fourth-order valence-electron chi connectivity index (χ4n) is 1.39. The van der Waals surface area contributed by atoms with E-state index in [1.165, 1.54) is 6.92 Å². The fraction of sp³-hybridized carbons (Fsp3) is 0.400. The summed E-state index contributed by atoms with van der Waals surface area (Å²) >= 11 is 0. The number of esters is 1. The summed E-state index contributed by atoms with van der Waals surface area (Å²) in [5.74, 6) is -3.50. The van der Waals surface area contributed by atoms with Gasteiger partial charge in [-0.2, -0.15) is 0 Å². The van der Waals surface area contributed by atoms with Crippen LogP contribution < -0.4 is 10.1 Å². The van der Waals surface area contributed by atoms with Crippen LogP contribution in [0.3, 0.4) is 0 Å².